The molecule has 0 bridgehead atoms. The average Bonchev–Trinajstić information content (AvgIpc) is 3.44. The smallest absolute Gasteiger partial charge is 0.0569 e. The summed E-state index contributed by atoms with van der Waals surface area (Å²) in [6.45, 7) is 23.6. The molecule has 0 atom stereocenters. The van der Waals surface area contributed by atoms with E-state index in [1.807, 2.05) is 0 Å². The number of anilines is 1. The Bertz CT molecular complexity index is 2410. The van der Waals surface area contributed by atoms with Gasteiger partial charge < -0.3 is 5.32 Å². The van der Waals surface area contributed by atoms with Crippen LogP contribution in [0.3, 0.4) is 0 Å². The SMILES string of the molecule is CC(C)c1ccc(C(C)(C)Nc2ccc3c(c2)C(C)(C)c2cc4c(cc2-3)C(C)(C)c2cc3c5c(cccc5c2-4)C(C)(C)c2ccccc2-3)cc1. The van der Waals surface area contributed by atoms with Crippen molar-refractivity contribution in [3.8, 4) is 33.4 Å². The van der Waals surface area contributed by atoms with Gasteiger partial charge in [0.25, 0.3) is 0 Å². The molecule has 0 saturated heterocycles. The highest BCUT2D eigenvalue weighted by molar-refractivity contribution is 6.13. The summed E-state index contributed by atoms with van der Waals surface area (Å²) in [5.74, 6) is 0.533. The van der Waals surface area contributed by atoms with Gasteiger partial charge in [0.15, 0.2) is 0 Å². The lowest BCUT2D eigenvalue weighted by Crippen LogP contribution is -2.28. The van der Waals surface area contributed by atoms with Crippen molar-refractivity contribution < 1.29 is 0 Å². The van der Waals surface area contributed by atoms with Crippen LogP contribution in [-0.4, -0.2) is 0 Å². The first-order valence-electron chi connectivity index (χ1n) is 18.6. The van der Waals surface area contributed by atoms with Crippen molar-refractivity contribution in [2.24, 2.45) is 0 Å². The molecule has 0 aromatic heterocycles. The third kappa shape index (κ3) is 4.07. The molecule has 0 radical (unpaired) electrons. The largest absolute Gasteiger partial charge is 0.376 e. The van der Waals surface area contributed by atoms with Crippen molar-refractivity contribution in [1.29, 1.82) is 0 Å². The van der Waals surface area contributed by atoms with Crippen LogP contribution in [0.1, 0.15) is 120 Å². The van der Waals surface area contributed by atoms with Crippen molar-refractivity contribution in [1.82, 2.24) is 0 Å². The van der Waals surface area contributed by atoms with Crippen molar-refractivity contribution >= 4 is 16.5 Å². The van der Waals surface area contributed by atoms with Crippen LogP contribution >= 0.6 is 0 Å². The summed E-state index contributed by atoms with van der Waals surface area (Å²) in [4.78, 5) is 0. The first-order valence-corrected chi connectivity index (χ1v) is 18.6. The van der Waals surface area contributed by atoms with Crippen molar-refractivity contribution in [3.63, 3.8) is 0 Å². The van der Waals surface area contributed by atoms with E-state index in [-0.39, 0.29) is 21.8 Å². The topological polar surface area (TPSA) is 12.0 Å². The van der Waals surface area contributed by atoms with Crippen LogP contribution in [0.15, 0.2) is 103 Å². The fourth-order valence-electron chi connectivity index (χ4n) is 9.85. The van der Waals surface area contributed by atoms with Crippen LogP contribution in [0.4, 0.5) is 5.69 Å². The van der Waals surface area contributed by atoms with E-state index in [9.17, 15) is 0 Å². The molecule has 1 nitrogen and oxygen atoms in total. The molecular formula is C49H49N. The summed E-state index contributed by atoms with van der Waals surface area (Å²) in [6, 6.07) is 40.0. The van der Waals surface area contributed by atoms with Crippen LogP contribution in [0.2, 0.25) is 0 Å². The van der Waals surface area contributed by atoms with Gasteiger partial charge in [-0.2, -0.15) is 0 Å². The van der Waals surface area contributed by atoms with Gasteiger partial charge in [-0.3, -0.25) is 0 Å². The maximum atomic E-state index is 3.90. The van der Waals surface area contributed by atoms with Gasteiger partial charge in [-0.15, -0.1) is 0 Å². The third-order valence-corrected chi connectivity index (χ3v) is 12.9. The molecule has 6 aromatic rings. The van der Waals surface area contributed by atoms with Crippen molar-refractivity contribution in [2.45, 2.75) is 96.9 Å². The molecule has 0 heterocycles. The fourth-order valence-corrected chi connectivity index (χ4v) is 9.85. The minimum Gasteiger partial charge on any atom is -0.376 e. The van der Waals surface area contributed by atoms with E-state index in [1.165, 1.54) is 94.3 Å². The minimum atomic E-state index is -0.204. The van der Waals surface area contributed by atoms with Gasteiger partial charge in [0, 0.05) is 21.9 Å². The lowest BCUT2D eigenvalue weighted by Gasteiger charge is -2.36. The highest BCUT2D eigenvalue weighted by Gasteiger charge is 2.44. The van der Waals surface area contributed by atoms with Crippen molar-refractivity contribution in [3.05, 3.63) is 148 Å². The second kappa shape index (κ2) is 10.0. The Hall–Kier alpha value is -4.62. The molecule has 1 heteroatoms. The molecule has 0 unspecified atom stereocenters. The van der Waals surface area contributed by atoms with E-state index in [0.717, 1.165) is 0 Å². The normalized spacial score (nSPS) is 16.9. The molecule has 6 aromatic carbocycles. The Kier molecular flexibility index (Phi) is 6.27. The molecule has 3 aliphatic rings. The number of hydrogen-bond donors (Lipinski definition) is 1. The van der Waals surface area contributed by atoms with Gasteiger partial charge >= 0.3 is 0 Å². The van der Waals surface area contributed by atoms with E-state index in [0.29, 0.717) is 5.92 Å². The molecule has 0 spiro atoms. The summed E-state index contributed by atoms with van der Waals surface area (Å²) in [5, 5.41) is 6.73. The Balaban J connectivity index is 1.17. The van der Waals surface area contributed by atoms with Gasteiger partial charge in [-0.1, -0.05) is 128 Å². The molecular weight excluding hydrogens is 603 g/mol. The van der Waals surface area contributed by atoms with Gasteiger partial charge in [0.1, 0.15) is 0 Å². The lowest BCUT2D eigenvalue weighted by molar-refractivity contribution is 0.607. The van der Waals surface area contributed by atoms with Gasteiger partial charge in [-0.25, -0.2) is 0 Å². The first kappa shape index (κ1) is 31.4. The molecule has 9 rings (SSSR count). The van der Waals surface area contributed by atoms with E-state index in [4.69, 9.17) is 0 Å². The highest BCUT2D eigenvalue weighted by Crippen LogP contribution is 2.60. The van der Waals surface area contributed by atoms with Crippen LogP contribution in [0, 0.1) is 0 Å². The van der Waals surface area contributed by atoms with Crippen LogP contribution in [0.5, 0.6) is 0 Å². The molecule has 250 valence electrons. The third-order valence-electron chi connectivity index (χ3n) is 12.9. The molecule has 1 N–H and O–H groups in total. The van der Waals surface area contributed by atoms with Crippen LogP contribution in [-0.2, 0) is 21.8 Å². The lowest BCUT2D eigenvalue weighted by atomic mass is 9.67. The number of rotatable bonds is 4. The second-order valence-corrected chi connectivity index (χ2v) is 17.7. The number of nitrogens with one attached hydrogen (secondary N) is 1. The maximum absolute atomic E-state index is 3.90. The Morgan fingerprint density at radius 3 is 1.82 bits per heavy atom. The average molecular weight is 652 g/mol. The van der Waals surface area contributed by atoms with Crippen LogP contribution in [0.25, 0.3) is 44.2 Å². The molecule has 0 saturated carbocycles. The van der Waals surface area contributed by atoms with E-state index >= 15 is 0 Å². The standard InChI is InChI=1S/C49H49N/c1-28(2)29-18-20-30(21-19-29)49(9,10)50-31-22-23-33-35-25-42-37(27-41(35)47(5,6)40(33)24-31)45-34-15-13-17-39-44(34)36(26-43(45)48(42,7)8)32-14-11-12-16-38(32)46(39,3)4/h11-28,50H,1-10H3. The van der Waals surface area contributed by atoms with Crippen LogP contribution < -0.4 is 5.32 Å². The summed E-state index contributed by atoms with van der Waals surface area (Å²) < 4.78 is 0. The highest BCUT2D eigenvalue weighted by atomic mass is 15.0. The molecule has 0 fully saturated rings. The number of hydrogen-bond acceptors (Lipinski definition) is 1. The Morgan fingerprint density at radius 1 is 0.500 bits per heavy atom. The predicted molar refractivity (Wildman–Crippen MR) is 214 cm³/mol. The monoisotopic (exact) mass is 651 g/mol. The summed E-state index contributed by atoms with van der Waals surface area (Å²) >= 11 is 0. The zero-order chi connectivity index (χ0) is 35.1. The summed E-state index contributed by atoms with van der Waals surface area (Å²) in [7, 11) is 0. The van der Waals surface area contributed by atoms with Gasteiger partial charge in [0.05, 0.1) is 5.54 Å². The van der Waals surface area contributed by atoms with E-state index < -0.39 is 0 Å². The van der Waals surface area contributed by atoms with Gasteiger partial charge in [0.2, 0.25) is 0 Å². The maximum Gasteiger partial charge on any atom is 0.0569 e. The fraction of sp³-hybridized carbons (Fsp3) is 0.306. The first-order chi connectivity index (χ1) is 23.6. The predicted octanol–water partition coefficient (Wildman–Crippen LogP) is 13.2. The molecule has 50 heavy (non-hydrogen) atoms. The number of fused-ring (bicyclic) bond motifs is 9. The number of benzene rings is 6. The van der Waals surface area contributed by atoms with Crippen molar-refractivity contribution in [2.75, 3.05) is 5.32 Å². The Labute approximate surface area is 298 Å². The zero-order valence-corrected chi connectivity index (χ0v) is 31.4. The van der Waals surface area contributed by atoms with E-state index in [2.05, 4.69) is 178 Å². The molecule has 0 amide bonds. The minimum absolute atomic E-state index is 0.0618. The molecule has 0 aliphatic heterocycles. The summed E-state index contributed by atoms with van der Waals surface area (Å²) in [6.07, 6.45) is 0. The molecule has 3 aliphatic carbocycles. The zero-order valence-electron chi connectivity index (χ0n) is 31.4. The quantitative estimate of drug-likeness (QED) is 0.200. The second-order valence-electron chi connectivity index (χ2n) is 17.7. The van der Waals surface area contributed by atoms with Gasteiger partial charge in [-0.05, 0) is 139 Å². The Morgan fingerprint density at radius 2 is 1.08 bits per heavy atom. The summed E-state index contributed by atoms with van der Waals surface area (Å²) in [5.41, 5.74) is 20.3. The van der Waals surface area contributed by atoms with E-state index in [1.54, 1.807) is 0 Å².